The van der Waals surface area contributed by atoms with Crippen LogP contribution in [0.4, 0.5) is 0 Å². The van der Waals surface area contributed by atoms with E-state index >= 15 is 0 Å². The van der Waals surface area contributed by atoms with Crippen molar-refractivity contribution in [2.45, 2.75) is 26.7 Å². The summed E-state index contributed by atoms with van der Waals surface area (Å²) in [5, 5.41) is 7.89. The summed E-state index contributed by atoms with van der Waals surface area (Å²) in [5.74, 6) is -1.35. The molecule has 0 aliphatic carbocycles. The van der Waals surface area contributed by atoms with Crippen molar-refractivity contribution >= 4 is 11.9 Å². The van der Waals surface area contributed by atoms with Gasteiger partial charge in [0.2, 0.25) is 0 Å². The van der Waals surface area contributed by atoms with Crippen molar-refractivity contribution in [1.29, 1.82) is 0 Å². The van der Waals surface area contributed by atoms with Crippen LogP contribution in [0.2, 0.25) is 0 Å². The first-order valence-corrected chi connectivity index (χ1v) is 5.15. The molecule has 0 amide bonds. The van der Waals surface area contributed by atoms with Gasteiger partial charge >= 0.3 is 11.9 Å². The smallest absolute Gasteiger partial charge is 0.372 e. The summed E-state index contributed by atoms with van der Waals surface area (Å²) in [4.78, 5) is 20.4. The third-order valence-corrected chi connectivity index (χ3v) is 1.57. The van der Waals surface area contributed by atoms with Gasteiger partial charge in [-0.3, -0.25) is 0 Å². The van der Waals surface area contributed by atoms with E-state index in [4.69, 9.17) is 9.84 Å². The predicted octanol–water partition coefficient (Wildman–Crippen LogP) is 2.14. The molecule has 0 atom stereocenters. The Morgan fingerprint density at radius 2 is 1.76 bits per heavy atom. The minimum atomic E-state index is -0.935. The molecule has 0 aliphatic heterocycles. The molecule has 17 heavy (non-hydrogen) atoms. The lowest BCUT2D eigenvalue weighted by Crippen LogP contribution is -2.09. The monoisotopic (exact) mass is 244 g/mol. The molecule has 0 fully saturated rings. The maximum absolute atomic E-state index is 10.8. The highest BCUT2D eigenvalue weighted by molar-refractivity contribution is 5.85. The van der Waals surface area contributed by atoms with E-state index in [-0.39, 0.29) is 11.3 Å². The number of rotatable bonds is 6. The number of carbonyl (C=O) groups is 2. The third-order valence-electron chi connectivity index (χ3n) is 1.57. The highest BCUT2D eigenvalue weighted by atomic mass is 16.6. The number of esters is 1. The lowest BCUT2D eigenvalue weighted by molar-refractivity contribution is -0.142. The molecular weight excluding hydrogens is 224 g/mol. The van der Waals surface area contributed by atoms with Crippen LogP contribution in [0, 0.1) is 0 Å². The molecule has 0 saturated heterocycles. The van der Waals surface area contributed by atoms with Crippen LogP contribution in [-0.4, -0.2) is 30.8 Å². The summed E-state index contributed by atoms with van der Waals surface area (Å²) in [7, 11) is 1.39. The van der Waals surface area contributed by atoms with Crippen LogP contribution in [-0.2, 0) is 19.1 Å². The van der Waals surface area contributed by atoms with E-state index in [1.165, 1.54) is 14.0 Å². The van der Waals surface area contributed by atoms with Gasteiger partial charge in [-0.2, -0.15) is 0 Å². The van der Waals surface area contributed by atoms with Crippen molar-refractivity contribution < 1.29 is 24.2 Å². The van der Waals surface area contributed by atoms with Crippen LogP contribution < -0.4 is 0 Å². The zero-order chi connectivity index (χ0) is 13.8. The van der Waals surface area contributed by atoms with E-state index in [0.29, 0.717) is 6.61 Å². The minimum Gasteiger partial charge on any atom is -0.490 e. The maximum atomic E-state index is 10.8. The minimum absolute atomic E-state index is 0.0566. The van der Waals surface area contributed by atoms with E-state index in [2.05, 4.69) is 17.9 Å². The Bertz CT molecular complexity index is 269. The number of carboxylic acids is 1. The quantitative estimate of drug-likeness (QED) is 0.335. The van der Waals surface area contributed by atoms with E-state index < -0.39 is 11.9 Å². The standard InChI is InChI=1S/C8H14O3.C4H6O2/c1-4-5-6-11-8(9)7(2)10-3;1-3(2)4(5)6/h2,4-6H2,1,3H3;1H2,2H3,(H,5,6). The number of unbranched alkanes of at least 4 members (excludes halogenated alkanes) is 1. The van der Waals surface area contributed by atoms with Crippen molar-refractivity contribution in [2.24, 2.45) is 0 Å². The second-order valence-corrected chi connectivity index (χ2v) is 3.20. The van der Waals surface area contributed by atoms with Crippen LogP contribution in [0.3, 0.4) is 0 Å². The first-order chi connectivity index (χ1) is 7.86. The summed E-state index contributed by atoms with van der Waals surface area (Å²) >= 11 is 0. The molecule has 5 nitrogen and oxygen atoms in total. The molecule has 0 spiro atoms. The number of hydrogen-bond donors (Lipinski definition) is 1. The summed E-state index contributed by atoms with van der Waals surface area (Å²) in [6, 6.07) is 0. The van der Waals surface area contributed by atoms with E-state index in [9.17, 15) is 9.59 Å². The summed E-state index contributed by atoms with van der Waals surface area (Å²) in [6.07, 6.45) is 1.88. The maximum Gasteiger partial charge on any atom is 0.372 e. The van der Waals surface area contributed by atoms with E-state index in [0.717, 1.165) is 12.8 Å². The highest BCUT2D eigenvalue weighted by Gasteiger charge is 2.06. The van der Waals surface area contributed by atoms with E-state index in [1.807, 2.05) is 6.92 Å². The zero-order valence-electron chi connectivity index (χ0n) is 10.6. The molecule has 0 bridgehead atoms. The first-order valence-electron chi connectivity index (χ1n) is 5.15. The Morgan fingerprint density at radius 1 is 1.29 bits per heavy atom. The lowest BCUT2D eigenvalue weighted by atomic mass is 10.4. The van der Waals surface area contributed by atoms with Gasteiger partial charge in [0.15, 0.2) is 5.76 Å². The van der Waals surface area contributed by atoms with Crippen molar-refractivity contribution in [3.63, 3.8) is 0 Å². The van der Waals surface area contributed by atoms with Crippen LogP contribution in [0.15, 0.2) is 24.5 Å². The molecule has 0 unspecified atom stereocenters. The molecule has 0 aromatic rings. The molecular formula is C12H20O5. The van der Waals surface area contributed by atoms with Gasteiger partial charge in [0.25, 0.3) is 0 Å². The van der Waals surface area contributed by atoms with Gasteiger partial charge in [-0.25, -0.2) is 9.59 Å². The fraction of sp³-hybridized carbons (Fsp3) is 0.500. The Kier molecular flexibility index (Phi) is 11.1. The average molecular weight is 244 g/mol. The Labute approximate surface area is 102 Å². The van der Waals surface area contributed by atoms with Gasteiger partial charge in [-0.15, -0.1) is 0 Å². The third kappa shape index (κ3) is 12.2. The molecule has 0 heterocycles. The van der Waals surface area contributed by atoms with Gasteiger partial charge < -0.3 is 14.6 Å². The van der Waals surface area contributed by atoms with Crippen molar-refractivity contribution in [3.8, 4) is 0 Å². The molecule has 0 saturated carbocycles. The molecule has 5 heteroatoms. The molecule has 0 aliphatic rings. The largest absolute Gasteiger partial charge is 0.490 e. The van der Waals surface area contributed by atoms with Crippen LogP contribution in [0.25, 0.3) is 0 Å². The first kappa shape index (κ1) is 17.6. The van der Waals surface area contributed by atoms with Gasteiger partial charge in [-0.1, -0.05) is 19.9 Å². The fourth-order valence-electron chi connectivity index (χ4n) is 0.473. The zero-order valence-corrected chi connectivity index (χ0v) is 10.6. The topological polar surface area (TPSA) is 72.8 Å². The lowest BCUT2D eigenvalue weighted by Gasteiger charge is -2.03. The van der Waals surface area contributed by atoms with Crippen molar-refractivity contribution in [2.75, 3.05) is 13.7 Å². The molecule has 98 valence electrons. The number of hydrogen-bond acceptors (Lipinski definition) is 4. The SMILES string of the molecule is C=C(C)C(=O)O.C=C(OC)C(=O)OCCCC. The molecule has 0 radical (unpaired) electrons. The van der Waals surface area contributed by atoms with E-state index in [1.54, 1.807) is 0 Å². The van der Waals surface area contributed by atoms with Crippen LogP contribution in [0.1, 0.15) is 26.7 Å². The second-order valence-electron chi connectivity index (χ2n) is 3.20. The average Bonchev–Trinajstić information content (AvgIpc) is 2.28. The normalized spacial score (nSPS) is 8.41. The van der Waals surface area contributed by atoms with Gasteiger partial charge in [0, 0.05) is 5.57 Å². The van der Waals surface area contributed by atoms with Crippen molar-refractivity contribution in [3.05, 3.63) is 24.5 Å². The molecule has 0 aromatic heterocycles. The van der Waals surface area contributed by atoms with Crippen LogP contribution >= 0.6 is 0 Å². The summed E-state index contributed by atoms with van der Waals surface area (Å²) in [6.45, 7) is 10.4. The Balaban J connectivity index is 0. The fourth-order valence-corrected chi connectivity index (χ4v) is 0.473. The highest BCUT2D eigenvalue weighted by Crippen LogP contribution is 1.96. The number of ether oxygens (including phenoxy) is 2. The second kappa shape index (κ2) is 10.7. The summed E-state index contributed by atoms with van der Waals surface area (Å²) < 4.78 is 9.35. The number of carboxylic acid groups (broad SMARTS) is 1. The molecule has 0 rings (SSSR count). The van der Waals surface area contributed by atoms with Crippen LogP contribution in [0.5, 0.6) is 0 Å². The summed E-state index contributed by atoms with van der Waals surface area (Å²) in [5.41, 5.74) is 0.176. The molecule has 1 N–H and O–H groups in total. The van der Waals surface area contributed by atoms with Gasteiger partial charge in [0.1, 0.15) is 0 Å². The van der Waals surface area contributed by atoms with Gasteiger partial charge in [-0.05, 0) is 19.9 Å². The Hall–Kier alpha value is -1.78. The number of carbonyl (C=O) groups excluding carboxylic acids is 1. The predicted molar refractivity (Wildman–Crippen MR) is 64.5 cm³/mol. The van der Waals surface area contributed by atoms with Crippen molar-refractivity contribution in [1.82, 2.24) is 0 Å². The van der Waals surface area contributed by atoms with Gasteiger partial charge in [0.05, 0.1) is 13.7 Å². The molecule has 0 aromatic carbocycles. The number of aliphatic carboxylic acids is 1. The number of methoxy groups -OCH3 is 1. The Morgan fingerprint density at radius 3 is 2.06 bits per heavy atom.